The summed E-state index contributed by atoms with van der Waals surface area (Å²) in [6.07, 6.45) is 10.0. The van der Waals surface area contributed by atoms with Gasteiger partial charge in [-0.25, -0.2) is 14.5 Å². The minimum Gasteiger partial charge on any atom is -0.478 e. The van der Waals surface area contributed by atoms with E-state index in [2.05, 4.69) is 17.0 Å². The number of aromatic nitrogens is 3. The maximum absolute atomic E-state index is 13.0. The molecule has 33 heavy (non-hydrogen) atoms. The number of aromatic carboxylic acids is 1. The Morgan fingerprint density at radius 1 is 1.06 bits per heavy atom. The highest BCUT2D eigenvalue weighted by molar-refractivity contribution is 5.96. The topological polar surface area (TPSA) is 85.1 Å². The summed E-state index contributed by atoms with van der Waals surface area (Å²) in [5.41, 5.74) is 2.80. The average molecular weight is 444 g/mol. The molecule has 4 rings (SSSR count). The van der Waals surface area contributed by atoms with Crippen molar-refractivity contribution in [2.24, 2.45) is 5.92 Å². The van der Waals surface area contributed by atoms with Gasteiger partial charge in [-0.15, -0.1) is 5.10 Å². The summed E-state index contributed by atoms with van der Waals surface area (Å²) in [4.78, 5) is 29.1. The molecule has 3 aromatic rings. The van der Waals surface area contributed by atoms with E-state index in [0.717, 1.165) is 43.2 Å². The Hall–Kier alpha value is -3.54. The van der Waals surface area contributed by atoms with Crippen LogP contribution in [0.1, 0.15) is 77.8 Å². The number of carboxylic acids is 1. The van der Waals surface area contributed by atoms with Crippen molar-refractivity contribution in [1.82, 2.24) is 14.8 Å². The molecular formula is C27H29N3O3. The molecule has 0 unspecified atom stereocenters. The maximum atomic E-state index is 13.0. The Balaban J connectivity index is 1.58. The number of ketones is 1. The molecule has 0 bridgehead atoms. The number of hydrogen-bond donors (Lipinski definition) is 1. The van der Waals surface area contributed by atoms with Crippen molar-refractivity contribution in [1.29, 1.82) is 0 Å². The van der Waals surface area contributed by atoms with E-state index in [9.17, 15) is 14.7 Å². The van der Waals surface area contributed by atoms with Crippen molar-refractivity contribution in [3.63, 3.8) is 0 Å². The summed E-state index contributed by atoms with van der Waals surface area (Å²) in [6, 6.07) is 14.8. The predicted molar refractivity (Wildman–Crippen MR) is 128 cm³/mol. The van der Waals surface area contributed by atoms with Crippen molar-refractivity contribution in [3.8, 4) is 11.1 Å². The second-order valence-electron chi connectivity index (χ2n) is 8.51. The molecule has 0 amide bonds. The fourth-order valence-electron chi connectivity index (χ4n) is 4.35. The van der Waals surface area contributed by atoms with E-state index < -0.39 is 5.97 Å². The summed E-state index contributed by atoms with van der Waals surface area (Å²) in [7, 11) is 0. The number of carbonyl (C=O) groups is 2. The first-order chi connectivity index (χ1) is 16.1. The highest BCUT2D eigenvalue weighted by Crippen LogP contribution is 2.27. The Kier molecular flexibility index (Phi) is 7.13. The number of allylic oxidation sites excluding steroid dienone is 1. The van der Waals surface area contributed by atoms with Crippen LogP contribution in [0.4, 0.5) is 0 Å². The Labute approximate surface area is 194 Å². The monoisotopic (exact) mass is 443 g/mol. The standard InChI is InChI=1S/C27H29N3O3/c1-2-3-13-24-28-26(25(31)21-9-5-4-6-10-21)29-30(24)18-19-14-16-20(17-15-19)22-11-7-8-12-23(22)27(32)33/h3,7-8,11-17,21H,2,4-6,9-10,18H2,1H3,(H,32,33). The molecule has 2 aromatic carbocycles. The Bertz CT molecular complexity index is 1160. The molecule has 6 nitrogen and oxygen atoms in total. The molecule has 0 atom stereocenters. The van der Waals surface area contributed by atoms with Gasteiger partial charge in [-0.1, -0.05) is 74.7 Å². The van der Waals surface area contributed by atoms with Crippen LogP contribution in [-0.4, -0.2) is 31.6 Å². The molecule has 0 aliphatic heterocycles. The van der Waals surface area contributed by atoms with Crippen LogP contribution in [0, 0.1) is 5.92 Å². The van der Waals surface area contributed by atoms with E-state index >= 15 is 0 Å². The number of nitrogens with zero attached hydrogens (tertiary/aromatic N) is 3. The molecular weight excluding hydrogens is 414 g/mol. The molecule has 6 heteroatoms. The fraction of sp³-hybridized carbons (Fsp3) is 0.333. The van der Waals surface area contributed by atoms with Gasteiger partial charge in [0.25, 0.3) is 0 Å². The van der Waals surface area contributed by atoms with Crippen molar-refractivity contribution in [2.75, 3.05) is 0 Å². The van der Waals surface area contributed by atoms with Gasteiger partial charge in [0.2, 0.25) is 11.6 Å². The van der Waals surface area contributed by atoms with Gasteiger partial charge in [-0.3, -0.25) is 4.79 Å². The van der Waals surface area contributed by atoms with Crippen molar-refractivity contribution < 1.29 is 14.7 Å². The van der Waals surface area contributed by atoms with E-state index in [1.165, 1.54) is 6.42 Å². The molecule has 1 aliphatic carbocycles. The number of benzene rings is 2. The van der Waals surface area contributed by atoms with Crippen LogP contribution in [0.25, 0.3) is 17.2 Å². The van der Waals surface area contributed by atoms with Crippen LogP contribution in [0.3, 0.4) is 0 Å². The van der Waals surface area contributed by atoms with Crippen LogP contribution < -0.4 is 0 Å². The zero-order valence-corrected chi connectivity index (χ0v) is 18.9. The molecule has 1 heterocycles. The summed E-state index contributed by atoms with van der Waals surface area (Å²) in [5, 5.41) is 14.0. The first-order valence-electron chi connectivity index (χ1n) is 11.6. The van der Waals surface area contributed by atoms with Gasteiger partial charge < -0.3 is 5.11 Å². The van der Waals surface area contributed by atoms with Crippen LogP contribution >= 0.6 is 0 Å². The van der Waals surface area contributed by atoms with Crippen molar-refractivity contribution >= 4 is 17.8 Å². The second-order valence-corrected chi connectivity index (χ2v) is 8.51. The van der Waals surface area contributed by atoms with Crippen LogP contribution in [0.2, 0.25) is 0 Å². The average Bonchev–Trinajstić information content (AvgIpc) is 3.25. The van der Waals surface area contributed by atoms with E-state index in [0.29, 0.717) is 23.8 Å². The zero-order chi connectivity index (χ0) is 23.2. The van der Waals surface area contributed by atoms with Gasteiger partial charge in [-0.05, 0) is 48.1 Å². The highest BCUT2D eigenvalue weighted by atomic mass is 16.4. The van der Waals surface area contributed by atoms with Gasteiger partial charge in [0, 0.05) is 5.92 Å². The lowest BCUT2D eigenvalue weighted by Gasteiger charge is -2.18. The molecule has 0 saturated heterocycles. The van der Waals surface area contributed by atoms with Crippen molar-refractivity contribution in [2.45, 2.75) is 52.0 Å². The van der Waals surface area contributed by atoms with Gasteiger partial charge in [0.05, 0.1) is 12.1 Å². The number of carbonyl (C=O) groups excluding carboxylic acids is 1. The number of rotatable bonds is 8. The second kappa shape index (κ2) is 10.4. The highest BCUT2D eigenvalue weighted by Gasteiger charge is 2.26. The van der Waals surface area contributed by atoms with Gasteiger partial charge in [0.1, 0.15) is 0 Å². The number of Topliss-reactive ketones (excluding diaryl/α,β-unsaturated/α-hetero) is 1. The molecule has 1 saturated carbocycles. The molecule has 1 aromatic heterocycles. The fourth-order valence-corrected chi connectivity index (χ4v) is 4.35. The quantitative estimate of drug-likeness (QED) is 0.440. The van der Waals surface area contributed by atoms with E-state index in [1.807, 2.05) is 48.6 Å². The summed E-state index contributed by atoms with van der Waals surface area (Å²) in [6.45, 7) is 2.54. The summed E-state index contributed by atoms with van der Waals surface area (Å²) < 4.78 is 1.78. The van der Waals surface area contributed by atoms with Crippen LogP contribution in [0.15, 0.2) is 54.6 Å². The predicted octanol–water partition coefficient (Wildman–Crippen LogP) is 5.88. The Morgan fingerprint density at radius 2 is 1.79 bits per heavy atom. The third kappa shape index (κ3) is 5.28. The zero-order valence-electron chi connectivity index (χ0n) is 18.9. The third-order valence-electron chi connectivity index (χ3n) is 6.15. The van der Waals surface area contributed by atoms with E-state index in [-0.39, 0.29) is 17.3 Å². The van der Waals surface area contributed by atoms with Gasteiger partial charge in [0.15, 0.2) is 5.82 Å². The van der Waals surface area contributed by atoms with Crippen LogP contribution in [-0.2, 0) is 6.54 Å². The first kappa shape index (κ1) is 22.6. The maximum Gasteiger partial charge on any atom is 0.336 e. The smallest absolute Gasteiger partial charge is 0.336 e. The summed E-state index contributed by atoms with van der Waals surface area (Å²) in [5.74, 6) is 0.132. The molecule has 170 valence electrons. The summed E-state index contributed by atoms with van der Waals surface area (Å²) >= 11 is 0. The number of carboxylic acid groups (broad SMARTS) is 1. The molecule has 1 aliphatic rings. The Morgan fingerprint density at radius 3 is 2.48 bits per heavy atom. The largest absolute Gasteiger partial charge is 0.478 e. The first-order valence-corrected chi connectivity index (χ1v) is 11.6. The third-order valence-corrected chi connectivity index (χ3v) is 6.15. The van der Waals surface area contributed by atoms with E-state index in [4.69, 9.17) is 0 Å². The minimum absolute atomic E-state index is 0.0335. The van der Waals surface area contributed by atoms with Crippen molar-refractivity contribution in [3.05, 3.63) is 77.4 Å². The van der Waals surface area contributed by atoms with Gasteiger partial charge >= 0.3 is 5.97 Å². The minimum atomic E-state index is -0.945. The lowest BCUT2D eigenvalue weighted by molar-refractivity contribution is 0.0697. The molecule has 0 radical (unpaired) electrons. The molecule has 0 spiro atoms. The molecule has 1 N–H and O–H groups in total. The number of hydrogen-bond acceptors (Lipinski definition) is 4. The lowest BCUT2D eigenvalue weighted by atomic mass is 9.86. The lowest BCUT2D eigenvalue weighted by Crippen LogP contribution is -2.19. The molecule has 1 fully saturated rings. The van der Waals surface area contributed by atoms with Gasteiger partial charge in [-0.2, -0.15) is 0 Å². The van der Waals surface area contributed by atoms with Crippen LogP contribution in [0.5, 0.6) is 0 Å². The normalized spacial score (nSPS) is 14.6. The SMILES string of the molecule is CCC=Cc1nc(C(=O)C2CCCCC2)nn1Cc1ccc(-c2ccccc2C(=O)O)cc1. The van der Waals surface area contributed by atoms with E-state index in [1.54, 1.807) is 16.8 Å².